The van der Waals surface area contributed by atoms with E-state index in [1.165, 1.54) is 44.5 Å². The number of furan rings is 1. The van der Waals surface area contributed by atoms with Crippen LogP contribution in [0.4, 0.5) is 17.1 Å². The zero-order valence-corrected chi connectivity index (χ0v) is 34.5. The fourth-order valence-corrected chi connectivity index (χ4v) is 10.1. The molecule has 1 aliphatic rings. The van der Waals surface area contributed by atoms with E-state index in [0.29, 0.717) is 0 Å². The smallest absolute Gasteiger partial charge is 0.143 e. The highest BCUT2D eigenvalue weighted by atomic mass is 16.3. The van der Waals surface area contributed by atoms with Crippen molar-refractivity contribution in [1.82, 2.24) is 0 Å². The van der Waals surface area contributed by atoms with Crippen LogP contribution in [0.2, 0.25) is 0 Å². The molecule has 296 valence electrons. The molecule has 11 aromatic rings. The van der Waals surface area contributed by atoms with Gasteiger partial charge in [-0.15, -0.1) is 0 Å². The van der Waals surface area contributed by atoms with Crippen LogP contribution in [0.5, 0.6) is 0 Å². The molecule has 1 aliphatic carbocycles. The van der Waals surface area contributed by atoms with Crippen LogP contribution in [-0.4, -0.2) is 0 Å². The third kappa shape index (κ3) is 6.02. The average Bonchev–Trinajstić information content (AvgIpc) is 3.89. The van der Waals surface area contributed by atoms with Gasteiger partial charge in [-0.05, 0) is 110 Å². The van der Waals surface area contributed by atoms with Gasteiger partial charge in [-0.25, -0.2) is 0 Å². The topological polar surface area (TPSA) is 16.4 Å². The van der Waals surface area contributed by atoms with Crippen molar-refractivity contribution in [2.75, 3.05) is 4.90 Å². The Bertz CT molecular complexity index is 3370. The van der Waals surface area contributed by atoms with Gasteiger partial charge >= 0.3 is 0 Å². The van der Waals surface area contributed by atoms with Gasteiger partial charge in [-0.2, -0.15) is 0 Å². The Morgan fingerprint density at radius 2 is 0.794 bits per heavy atom. The van der Waals surface area contributed by atoms with Gasteiger partial charge in [-0.3, -0.25) is 0 Å². The lowest BCUT2D eigenvalue weighted by Gasteiger charge is -2.35. The first-order chi connectivity index (χ1) is 31.2. The molecule has 0 saturated carbocycles. The third-order valence-corrected chi connectivity index (χ3v) is 13.0. The predicted molar refractivity (Wildman–Crippen MR) is 262 cm³/mol. The van der Waals surface area contributed by atoms with E-state index in [9.17, 15) is 0 Å². The molecule has 2 heteroatoms. The molecule has 0 aliphatic heterocycles. The van der Waals surface area contributed by atoms with Gasteiger partial charge in [0.15, 0.2) is 0 Å². The molecular formula is C61H41NO. The van der Waals surface area contributed by atoms with Crippen molar-refractivity contribution in [3.63, 3.8) is 0 Å². The minimum atomic E-state index is -0.505. The number of fused-ring (bicyclic) bond motifs is 6. The molecular weight excluding hydrogens is 763 g/mol. The summed E-state index contributed by atoms with van der Waals surface area (Å²) < 4.78 is 6.53. The number of rotatable bonds is 8. The second-order valence-corrected chi connectivity index (χ2v) is 16.4. The van der Waals surface area contributed by atoms with Crippen molar-refractivity contribution in [3.05, 3.63) is 271 Å². The van der Waals surface area contributed by atoms with Crippen LogP contribution in [0, 0.1) is 0 Å². The van der Waals surface area contributed by atoms with E-state index in [1.54, 1.807) is 0 Å². The molecule has 1 heterocycles. The fourth-order valence-electron chi connectivity index (χ4n) is 10.1. The van der Waals surface area contributed by atoms with E-state index in [0.717, 1.165) is 61.3 Å². The lowest BCUT2D eigenvalue weighted by Crippen LogP contribution is -2.28. The molecule has 0 fully saturated rings. The van der Waals surface area contributed by atoms with Crippen molar-refractivity contribution in [3.8, 4) is 44.5 Å². The molecule has 12 rings (SSSR count). The van der Waals surface area contributed by atoms with E-state index in [1.807, 2.05) is 6.07 Å². The highest BCUT2D eigenvalue weighted by Gasteiger charge is 2.46. The molecule has 0 spiro atoms. The van der Waals surface area contributed by atoms with Crippen LogP contribution in [0.25, 0.3) is 66.4 Å². The highest BCUT2D eigenvalue weighted by Crippen LogP contribution is 2.57. The first kappa shape index (κ1) is 36.6. The first-order valence-electron chi connectivity index (χ1n) is 21.7. The molecule has 0 N–H and O–H groups in total. The van der Waals surface area contributed by atoms with Crippen LogP contribution in [0.3, 0.4) is 0 Å². The summed E-state index contributed by atoms with van der Waals surface area (Å²) in [6.07, 6.45) is 0. The molecule has 0 saturated heterocycles. The molecule has 0 amide bonds. The van der Waals surface area contributed by atoms with E-state index >= 15 is 0 Å². The maximum Gasteiger partial charge on any atom is 0.143 e. The fraction of sp³-hybridized carbons (Fsp3) is 0.0164. The van der Waals surface area contributed by atoms with Crippen molar-refractivity contribution in [1.29, 1.82) is 0 Å². The van der Waals surface area contributed by atoms with Crippen LogP contribution in [0.1, 0.15) is 22.3 Å². The van der Waals surface area contributed by atoms with E-state index in [-0.39, 0.29) is 0 Å². The first-order valence-corrected chi connectivity index (χ1v) is 21.7. The molecule has 0 unspecified atom stereocenters. The van der Waals surface area contributed by atoms with Gasteiger partial charge in [0.25, 0.3) is 0 Å². The highest BCUT2D eigenvalue weighted by molar-refractivity contribution is 6.10. The third-order valence-electron chi connectivity index (χ3n) is 13.0. The second kappa shape index (κ2) is 15.1. The maximum atomic E-state index is 6.53. The lowest BCUT2D eigenvalue weighted by molar-refractivity contribution is 0.670. The molecule has 2 nitrogen and oxygen atoms in total. The summed E-state index contributed by atoms with van der Waals surface area (Å²) >= 11 is 0. The summed E-state index contributed by atoms with van der Waals surface area (Å²) in [5, 5.41) is 2.24. The molecule has 10 aromatic carbocycles. The van der Waals surface area contributed by atoms with Gasteiger partial charge in [0.05, 0.1) is 5.41 Å². The Hall–Kier alpha value is -8.20. The Kier molecular flexibility index (Phi) is 8.76. The Morgan fingerprint density at radius 3 is 1.44 bits per heavy atom. The number of para-hydroxylation sites is 1. The van der Waals surface area contributed by atoms with Crippen LogP contribution >= 0.6 is 0 Å². The van der Waals surface area contributed by atoms with Crippen molar-refractivity contribution < 1.29 is 4.42 Å². The molecule has 0 atom stereocenters. The van der Waals surface area contributed by atoms with Gasteiger partial charge in [0, 0.05) is 33.4 Å². The molecule has 1 aromatic heterocycles. The summed E-state index contributed by atoms with van der Waals surface area (Å²) in [6.45, 7) is 0. The van der Waals surface area contributed by atoms with Gasteiger partial charge in [0.2, 0.25) is 0 Å². The summed E-state index contributed by atoms with van der Waals surface area (Å²) in [7, 11) is 0. The summed E-state index contributed by atoms with van der Waals surface area (Å²) in [5.41, 5.74) is 19.1. The monoisotopic (exact) mass is 803 g/mol. The summed E-state index contributed by atoms with van der Waals surface area (Å²) in [5.74, 6) is 0. The van der Waals surface area contributed by atoms with Crippen LogP contribution in [0.15, 0.2) is 253 Å². The minimum absolute atomic E-state index is 0.505. The van der Waals surface area contributed by atoms with Gasteiger partial charge in [-0.1, -0.05) is 200 Å². The SMILES string of the molecule is c1ccc(-c2ccc(N(c3ccc(-c4ccc5oc6c(-c7ccccc7)cccc6c5c4)cc3)c3ccc4c(c3)C(c3ccccc3)(c3ccccc3)c3ccccc3-4)cc2)cc1. The standard InChI is InChI=1S/C61H41NO/c1-5-16-42(17-6-1)43-28-33-49(34-29-43)62(50-35-30-44(31-36-50)46-32-39-59-56(40-46)55-26-15-25-52(60(55)63-59)45-18-7-2-8-19-45)51-37-38-54-53-24-13-14-27-57(53)61(58(54)41-51,47-20-9-3-10-21-47)48-22-11-4-12-23-48/h1-41H. The number of hydrogen-bond acceptors (Lipinski definition) is 2. The summed E-state index contributed by atoms with van der Waals surface area (Å²) in [6, 6.07) is 90.2. The Morgan fingerprint density at radius 1 is 0.302 bits per heavy atom. The van der Waals surface area contributed by atoms with E-state index in [4.69, 9.17) is 4.42 Å². The van der Waals surface area contributed by atoms with Crippen LogP contribution < -0.4 is 4.90 Å². The molecule has 0 bridgehead atoms. The summed E-state index contributed by atoms with van der Waals surface area (Å²) in [4.78, 5) is 2.40. The minimum Gasteiger partial charge on any atom is -0.455 e. The quantitative estimate of drug-likeness (QED) is 0.152. The van der Waals surface area contributed by atoms with Gasteiger partial charge in [0.1, 0.15) is 11.2 Å². The zero-order chi connectivity index (χ0) is 41.7. The van der Waals surface area contributed by atoms with Gasteiger partial charge < -0.3 is 9.32 Å². The van der Waals surface area contributed by atoms with E-state index in [2.05, 4.69) is 248 Å². The second-order valence-electron chi connectivity index (χ2n) is 16.4. The molecule has 0 radical (unpaired) electrons. The van der Waals surface area contributed by atoms with Crippen LogP contribution in [-0.2, 0) is 5.41 Å². The number of hydrogen-bond donors (Lipinski definition) is 0. The number of nitrogens with zero attached hydrogens (tertiary/aromatic N) is 1. The zero-order valence-electron chi connectivity index (χ0n) is 34.5. The molecule has 63 heavy (non-hydrogen) atoms. The van der Waals surface area contributed by atoms with Crippen molar-refractivity contribution in [2.45, 2.75) is 5.41 Å². The van der Waals surface area contributed by atoms with E-state index < -0.39 is 5.41 Å². The Labute approximate surface area is 367 Å². The maximum absolute atomic E-state index is 6.53. The Balaban J connectivity index is 1.00. The number of benzene rings is 10. The normalized spacial score (nSPS) is 12.6. The predicted octanol–water partition coefficient (Wildman–Crippen LogP) is 16.4. The number of anilines is 3. The lowest BCUT2D eigenvalue weighted by atomic mass is 9.67. The van der Waals surface area contributed by atoms with Crippen molar-refractivity contribution in [2.24, 2.45) is 0 Å². The largest absolute Gasteiger partial charge is 0.455 e. The van der Waals surface area contributed by atoms with Crippen molar-refractivity contribution >= 4 is 39.0 Å². The average molecular weight is 804 g/mol.